The molecule has 0 unspecified atom stereocenters. The van der Waals surface area contributed by atoms with Crippen molar-refractivity contribution in [3.63, 3.8) is 0 Å². The van der Waals surface area contributed by atoms with Gasteiger partial charge in [0.1, 0.15) is 0 Å². The van der Waals surface area contributed by atoms with Crippen molar-refractivity contribution in [2.45, 2.75) is 13.8 Å². The van der Waals surface area contributed by atoms with E-state index in [9.17, 15) is 4.79 Å². The predicted octanol–water partition coefficient (Wildman–Crippen LogP) is 3.25. The number of hydrogen-bond acceptors (Lipinski definition) is 1. The summed E-state index contributed by atoms with van der Waals surface area (Å²) in [4.78, 5) is 14.2. The van der Waals surface area contributed by atoms with Gasteiger partial charge in [-0.2, -0.15) is 0 Å². The number of nitrogens with one attached hydrogen (secondary N) is 1. The summed E-state index contributed by atoms with van der Waals surface area (Å²) in [6.07, 6.45) is 0. The monoisotopic (exact) mass is 267 g/mol. The van der Waals surface area contributed by atoms with Gasteiger partial charge in [-0.05, 0) is 47.5 Å². The summed E-state index contributed by atoms with van der Waals surface area (Å²) in [6, 6.07) is 3.40. The molecule has 0 spiro atoms. The molecule has 0 aliphatic carbocycles. The Morgan fingerprint density at radius 3 is 2.67 bits per heavy atom. The average Bonchev–Trinajstić information content (AvgIpc) is 2.43. The van der Waals surface area contributed by atoms with Gasteiger partial charge in [-0.3, -0.25) is 0 Å². The summed E-state index contributed by atoms with van der Waals surface area (Å²) in [5.41, 5.74) is 3.40. The van der Waals surface area contributed by atoms with Crippen LogP contribution in [-0.2, 0) is 0 Å². The smallest absolute Gasteiger partial charge is 0.336 e. The molecular formula is C11H10BrNO2. The number of aromatic nitrogens is 1. The number of hydrogen-bond donors (Lipinski definition) is 2. The topological polar surface area (TPSA) is 53.1 Å². The number of aromatic carboxylic acids is 1. The highest BCUT2D eigenvalue weighted by molar-refractivity contribution is 9.10. The number of rotatable bonds is 1. The molecule has 0 saturated heterocycles. The van der Waals surface area contributed by atoms with Crippen molar-refractivity contribution >= 4 is 32.8 Å². The molecule has 0 aliphatic rings. The van der Waals surface area contributed by atoms with Gasteiger partial charge in [0.05, 0.1) is 5.56 Å². The summed E-state index contributed by atoms with van der Waals surface area (Å²) >= 11 is 3.35. The van der Waals surface area contributed by atoms with Gasteiger partial charge in [-0.1, -0.05) is 0 Å². The predicted molar refractivity (Wildman–Crippen MR) is 62.4 cm³/mol. The van der Waals surface area contributed by atoms with Crippen LogP contribution >= 0.6 is 15.9 Å². The van der Waals surface area contributed by atoms with Crippen LogP contribution in [0.4, 0.5) is 0 Å². The molecule has 78 valence electrons. The molecule has 0 bridgehead atoms. The van der Waals surface area contributed by atoms with Gasteiger partial charge in [-0.25, -0.2) is 4.79 Å². The Balaban J connectivity index is 2.88. The Morgan fingerprint density at radius 1 is 1.40 bits per heavy atom. The van der Waals surface area contributed by atoms with Gasteiger partial charge in [0.25, 0.3) is 0 Å². The molecular weight excluding hydrogens is 258 g/mol. The molecule has 1 aromatic carbocycles. The zero-order chi connectivity index (χ0) is 11.2. The van der Waals surface area contributed by atoms with E-state index in [2.05, 4.69) is 20.9 Å². The molecule has 15 heavy (non-hydrogen) atoms. The Labute approximate surface area is 95.2 Å². The van der Waals surface area contributed by atoms with Crippen molar-refractivity contribution in [1.29, 1.82) is 0 Å². The minimum absolute atomic E-state index is 0.296. The van der Waals surface area contributed by atoms with E-state index < -0.39 is 5.97 Å². The van der Waals surface area contributed by atoms with Crippen LogP contribution in [0, 0.1) is 13.8 Å². The van der Waals surface area contributed by atoms with Crippen molar-refractivity contribution < 1.29 is 9.90 Å². The van der Waals surface area contributed by atoms with E-state index in [0.29, 0.717) is 10.0 Å². The standard InChI is InChI=1S/C11H10BrNO2/c1-5-6(2)13-8-4-3-7(11(14)15)10(12)9(5)8/h3-4,13H,1-2H3,(H,14,15). The third-order valence-electron chi connectivity index (χ3n) is 2.63. The molecule has 2 aromatic rings. The maximum Gasteiger partial charge on any atom is 0.336 e. The lowest BCUT2D eigenvalue weighted by molar-refractivity contribution is 0.0696. The lowest BCUT2D eigenvalue weighted by atomic mass is 10.1. The first-order valence-corrected chi connectivity index (χ1v) is 5.32. The Kier molecular flexibility index (Phi) is 2.31. The lowest BCUT2D eigenvalue weighted by Crippen LogP contribution is -1.97. The summed E-state index contributed by atoms with van der Waals surface area (Å²) in [6.45, 7) is 3.95. The highest BCUT2D eigenvalue weighted by Crippen LogP contribution is 2.31. The molecule has 0 amide bonds. The second-order valence-electron chi connectivity index (χ2n) is 3.53. The normalized spacial score (nSPS) is 10.9. The fourth-order valence-electron chi connectivity index (χ4n) is 1.70. The number of carboxylic acids is 1. The van der Waals surface area contributed by atoms with Gasteiger partial charge in [0.15, 0.2) is 0 Å². The van der Waals surface area contributed by atoms with E-state index in [1.54, 1.807) is 12.1 Å². The number of benzene rings is 1. The van der Waals surface area contributed by atoms with E-state index in [1.165, 1.54) is 0 Å². The molecule has 3 nitrogen and oxygen atoms in total. The molecule has 2 N–H and O–H groups in total. The van der Waals surface area contributed by atoms with Crippen molar-refractivity contribution in [3.05, 3.63) is 33.4 Å². The van der Waals surface area contributed by atoms with Crippen LogP contribution in [0.5, 0.6) is 0 Å². The van der Waals surface area contributed by atoms with Crippen LogP contribution in [0.25, 0.3) is 10.9 Å². The van der Waals surface area contributed by atoms with Crippen molar-refractivity contribution in [1.82, 2.24) is 4.98 Å². The zero-order valence-electron chi connectivity index (χ0n) is 8.39. The Hall–Kier alpha value is -1.29. The molecule has 0 saturated carbocycles. The number of aryl methyl sites for hydroxylation is 2. The van der Waals surface area contributed by atoms with Crippen molar-refractivity contribution in [2.24, 2.45) is 0 Å². The van der Waals surface area contributed by atoms with Crippen LogP contribution in [0.15, 0.2) is 16.6 Å². The highest BCUT2D eigenvalue weighted by Gasteiger charge is 2.14. The maximum atomic E-state index is 10.9. The van der Waals surface area contributed by atoms with Gasteiger partial charge in [-0.15, -0.1) is 0 Å². The number of carboxylic acid groups (broad SMARTS) is 1. The van der Waals surface area contributed by atoms with Crippen molar-refractivity contribution in [2.75, 3.05) is 0 Å². The van der Waals surface area contributed by atoms with Crippen LogP contribution in [-0.4, -0.2) is 16.1 Å². The van der Waals surface area contributed by atoms with Gasteiger partial charge in [0, 0.05) is 21.1 Å². The first-order valence-electron chi connectivity index (χ1n) is 4.53. The summed E-state index contributed by atoms with van der Waals surface area (Å²) in [5.74, 6) is -0.915. The number of aromatic amines is 1. The summed E-state index contributed by atoms with van der Waals surface area (Å²) in [7, 11) is 0. The van der Waals surface area contributed by atoms with Crippen LogP contribution in [0.1, 0.15) is 21.6 Å². The first-order chi connectivity index (χ1) is 7.02. The summed E-state index contributed by atoms with van der Waals surface area (Å²) in [5, 5.41) is 9.93. The third-order valence-corrected chi connectivity index (χ3v) is 3.46. The largest absolute Gasteiger partial charge is 0.478 e. The first kappa shape index (κ1) is 10.2. The zero-order valence-corrected chi connectivity index (χ0v) is 9.97. The van der Waals surface area contributed by atoms with E-state index in [4.69, 9.17) is 5.11 Å². The Bertz CT molecular complexity index is 557. The number of fused-ring (bicyclic) bond motifs is 1. The highest BCUT2D eigenvalue weighted by atomic mass is 79.9. The SMILES string of the molecule is Cc1[nH]c2ccc(C(=O)O)c(Br)c2c1C. The molecule has 0 aliphatic heterocycles. The number of carbonyl (C=O) groups is 1. The average molecular weight is 268 g/mol. The molecule has 4 heteroatoms. The fourth-order valence-corrected chi connectivity index (χ4v) is 2.51. The fraction of sp³-hybridized carbons (Fsp3) is 0.182. The van der Waals surface area contributed by atoms with E-state index in [1.807, 2.05) is 13.8 Å². The van der Waals surface area contributed by atoms with Crippen LogP contribution in [0.3, 0.4) is 0 Å². The van der Waals surface area contributed by atoms with Gasteiger partial charge < -0.3 is 10.1 Å². The Morgan fingerprint density at radius 2 is 2.07 bits per heavy atom. The number of H-pyrrole nitrogens is 1. The van der Waals surface area contributed by atoms with Crippen molar-refractivity contribution in [3.8, 4) is 0 Å². The van der Waals surface area contributed by atoms with Gasteiger partial charge in [0.2, 0.25) is 0 Å². The second kappa shape index (κ2) is 3.38. The minimum atomic E-state index is -0.915. The molecule has 0 atom stereocenters. The second-order valence-corrected chi connectivity index (χ2v) is 4.32. The van der Waals surface area contributed by atoms with Crippen LogP contribution < -0.4 is 0 Å². The quantitative estimate of drug-likeness (QED) is 0.834. The van der Waals surface area contributed by atoms with E-state index in [0.717, 1.165) is 22.2 Å². The van der Waals surface area contributed by atoms with Crippen LogP contribution in [0.2, 0.25) is 0 Å². The third kappa shape index (κ3) is 1.45. The molecule has 2 rings (SSSR count). The van der Waals surface area contributed by atoms with E-state index >= 15 is 0 Å². The molecule has 1 aromatic heterocycles. The molecule has 1 heterocycles. The lowest BCUT2D eigenvalue weighted by Gasteiger charge is -2.01. The minimum Gasteiger partial charge on any atom is -0.478 e. The molecule has 0 radical (unpaired) electrons. The maximum absolute atomic E-state index is 10.9. The number of halogens is 1. The molecule has 0 fully saturated rings. The van der Waals surface area contributed by atoms with E-state index in [-0.39, 0.29) is 0 Å². The summed E-state index contributed by atoms with van der Waals surface area (Å²) < 4.78 is 0.648. The van der Waals surface area contributed by atoms with Gasteiger partial charge >= 0.3 is 5.97 Å².